The Labute approximate surface area is 306 Å². The number of nitrogens with zero attached hydrogens (tertiary/aromatic N) is 3. The molecule has 0 fully saturated rings. The number of para-hydroxylation sites is 3. The summed E-state index contributed by atoms with van der Waals surface area (Å²) in [6.07, 6.45) is 0. The molecule has 7 aromatic carbocycles. The number of benzene rings is 7. The Hall–Kier alpha value is -6.00. The molecule has 52 heavy (non-hydrogen) atoms. The van der Waals surface area contributed by atoms with E-state index in [2.05, 4.69) is 200 Å². The summed E-state index contributed by atoms with van der Waals surface area (Å²) >= 11 is 0. The summed E-state index contributed by atoms with van der Waals surface area (Å²) in [5.41, 5.74) is 17.6. The molecule has 250 valence electrons. The lowest BCUT2D eigenvalue weighted by Crippen LogP contribution is -2.61. The van der Waals surface area contributed by atoms with Gasteiger partial charge in [-0.25, -0.2) is 0 Å². The maximum Gasteiger partial charge on any atom is 0.252 e. The van der Waals surface area contributed by atoms with E-state index in [4.69, 9.17) is 0 Å². The van der Waals surface area contributed by atoms with Crippen molar-refractivity contribution in [2.24, 2.45) is 0 Å². The van der Waals surface area contributed by atoms with Gasteiger partial charge in [-0.15, -0.1) is 0 Å². The second-order valence-electron chi connectivity index (χ2n) is 15.0. The standard InChI is InChI=1S/C48H40BN3/c1-31(2)33-22-26-42-38(28-33)39-29-34(32(3)4)23-27-43(39)52(42)37-24-25-41-47(30-37)51(36-16-9-6-10-17-36)46-21-13-20-45-48(46)49(41)40-18-11-12-19-44(40)50(45)35-14-7-5-8-15-35/h5-32H,1-4H3. The summed E-state index contributed by atoms with van der Waals surface area (Å²) in [6.45, 7) is 9.23. The Morgan fingerprint density at radius 3 is 1.48 bits per heavy atom. The summed E-state index contributed by atoms with van der Waals surface area (Å²) in [6, 6.07) is 58.9. The second kappa shape index (κ2) is 11.8. The largest absolute Gasteiger partial charge is 0.311 e. The normalized spacial score (nSPS) is 13.2. The molecule has 0 saturated carbocycles. The predicted octanol–water partition coefficient (Wildman–Crippen LogP) is 11.1. The van der Waals surface area contributed by atoms with Crippen molar-refractivity contribution in [2.75, 3.05) is 9.80 Å². The highest BCUT2D eigenvalue weighted by atomic mass is 15.2. The monoisotopic (exact) mass is 669 g/mol. The molecule has 1 aromatic heterocycles. The molecular formula is C48H40BN3. The maximum atomic E-state index is 2.49. The van der Waals surface area contributed by atoms with Gasteiger partial charge in [0.2, 0.25) is 0 Å². The lowest BCUT2D eigenvalue weighted by atomic mass is 9.33. The molecule has 0 saturated heterocycles. The van der Waals surface area contributed by atoms with E-state index in [1.165, 1.54) is 83.4 Å². The van der Waals surface area contributed by atoms with Gasteiger partial charge in [-0.1, -0.05) is 107 Å². The van der Waals surface area contributed by atoms with Crippen LogP contribution >= 0.6 is 0 Å². The minimum Gasteiger partial charge on any atom is -0.311 e. The van der Waals surface area contributed by atoms with Gasteiger partial charge >= 0.3 is 0 Å². The average molecular weight is 670 g/mol. The van der Waals surface area contributed by atoms with Crippen LogP contribution in [0.5, 0.6) is 0 Å². The summed E-state index contributed by atoms with van der Waals surface area (Å²) in [5, 5.41) is 2.64. The Bertz CT molecular complexity index is 2590. The number of anilines is 6. The Kier molecular flexibility index (Phi) is 6.98. The molecule has 8 aromatic rings. The molecule has 0 amide bonds. The Balaban J connectivity index is 1.25. The minimum atomic E-state index is 0.0896. The van der Waals surface area contributed by atoms with E-state index in [9.17, 15) is 0 Å². The fourth-order valence-electron chi connectivity index (χ4n) is 8.77. The molecular weight excluding hydrogens is 629 g/mol. The highest BCUT2D eigenvalue weighted by molar-refractivity contribution is 7.00. The van der Waals surface area contributed by atoms with Gasteiger partial charge in [0.25, 0.3) is 6.71 Å². The van der Waals surface area contributed by atoms with E-state index in [0.29, 0.717) is 11.8 Å². The Morgan fingerprint density at radius 1 is 0.404 bits per heavy atom. The van der Waals surface area contributed by atoms with E-state index in [-0.39, 0.29) is 6.71 Å². The Morgan fingerprint density at radius 2 is 0.904 bits per heavy atom. The van der Waals surface area contributed by atoms with Crippen LogP contribution in [0.15, 0.2) is 158 Å². The average Bonchev–Trinajstić information content (AvgIpc) is 3.51. The molecule has 4 heteroatoms. The van der Waals surface area contributed by atoms with Crippen molar-refractivity contribution in [2.45, 2.75) is 39.5 Å². The zero-order valence-electron chi connectivity index (χ0n) is 30.1. The van der Waals surface area contributed by atoms with Gasteiger partial charge in [-0.3, -0.25) is 0 Å². The van der Waals surface area contributed by atoms with E-state index in [0.717, 1.165) is 5.69 Å². The van der Waals surface area contributed by atoms with Gasteiger partial charge < -0.3 is 14.4 Å². The van der Waals surface area contributed by atoms with Crippen LogP contribution in [0.25, 0.3) is 27.5 Å². The van der Waals surface area contributed by atoms with Crippen molar-refractivity contribution >= 4 is 79.0 Å². The summed E-state index contributed by atoms with van der Waals surface area (Å²) < 4.78 is 2.49. The fourth-order valence-corrected chi connectivity index (χ4v) is 8.77. The van der Waals surface area contributed by atoms with E-state index in [1.54, 1.807) is 0 Å². The zero-order chi connectivity index (χ0) is 35.1. The van der Waals surface area contributed by atoms with Crippen LogP contribution in [-0.2, 0) is 0 Å². The van der Waals surface area contributed by atoms with Gasteiger partial charge in [-0.05, 0) is 118 Å². The van der Waals surface area contributed by atoms with Gasteiger partial charge in [0.05, 0.1) is 11.0 Å². The molecule has 0 bridgehead atoms. The summed E-state index contributed by atoms with van der Waals surface area (Å²) in [7, 11) is 0. The van der Waals surface area contributed by atoms with Crippen LogP contribution < -0.4 is 26.2 Å². The summed E-state index contributed by atoms with van der Waals surface area (Å²) in [4.78, 5) is 4.94. The number of aromatic nitrogens is 1. The van der Waals surface area contributed by atoms with Crippen molar-refractivity contribution in [3.8, 4) is 5.69 Å². The lowest BCUT2D eigenvalue weighted by Gasteiger charge is -2.44. The van der Waals surface area contributed by atoms with E-state index >= 15 is 0 Å². The van der Waals surface area contributed by atoms with Gasteiger partial charge in [0, 0.05) is 50.6 Å². The lowest BCUT2D eigenvalue weighted by molar-refractivity contribution is 0.868. The molecule has 2 aliphatic rings. The molecule has 0 N–H and O–H groups in total. The highest BCUT2D eigenvalue weighted by Gasteiger charge is 2.43. The van der Waals surface area contributed by atoms with Crippen molar-refractivity contribution in [1.29, 1.82) is 0 Å². The first kappa shape index (κ1) is 30.8. The summed E-state index contributed by atoms with van der Waals surface area (Å²) in [5.74, 6) is 0.917. The molecule has 2 aliphatic heterocycles. The van der Waals surface area contributed by atoms with Crippen LogP contribution in [0.3, 0.4) is 0 Å². The third-order valence-corrected chi connectivity index (χ3v) is 11.3. The van der Waals surface area contributed by atoms with E-state index < -0.39 is 0 Å². The molecule has 10 rings (SSSR count). The van der Waals surface area contributed by atoms with Crippen molar-refractivity contribution < 1.29 is 0 Å². The molecule has 0 unspecified atom stereocenters. The number of hydrogen-bond acceptors (Lipinski definition) is 2. The third kappa shape index (κ3) is 4.53. The van der Waals surface area contributed by atoms with Crippen molar-refractivity contribution in [3.63, 3.8) is 0 Å². The first-order chi connectivity index (χ1) is 25.5. The number of rotatable bonds is 5. The predicted molar refractivity (Wildman–Crippen MR) is 223 cm³/mol. The molecule has 3 nitrogen and oxygen atoms in total. The molecule has 0 atom stereocenters. The van der Waals surface area contributed by atoms with Crippen LogP contribution in [0.4, 0.5) is 34.1 Å². The van der Waals surface area contributed by atoms with Crippen LogP contribution in [0.2, 0.25) is 0 Å². The first-order valence-electron chi connectivity index (χ1n) is 18.6. The first-order valence-corrected chi connectivity index (χ1v) is 18.6. The minimum absolute atomic E-state index is 0.0896. The van der Waals surface area contributed by atoms with Gasteiger partial charge in [0.15, 0.2) is 0 Å². The maximum absolute atomic E-state index is 2.49. The number of hydrogen-bond donors (Lipinski definition) is 0. The van der Waals surface area contributed by atoms with Crippen molar-refractivity contribution in [1.82, 2.24) is 4.57 Å². The van der Waals surface area contributed by atoms with Crippen molar-refractivity contribution in [3.05, 3.63) is 169 Å². The smallest absolute Gasteiger partial charge is 0.252 e. The van der Waals surface area contributed by atoms with Gasteiger partial charge in [0.1, 0.15) is 0 Å². The van der Waals surface area contributed by atoms with Gasteiger partial charge in [-0.2, -0.15) is 0 Å². The zero-order valence-corrected chi connectivity index (χ0v) is 30.1. The van der Waals surface area contributed by atoms with Crippen LogP contribution in [-0.4, -0.2) is 11.3 Å². The topological polar surface area (TPSA) is 11.4 Å². The SMILES string of the molecule is CC(C)c1ccc2c(c1)c1cc(C(C)C)ccc1n2-c1ccc2c(c1)N(c1ccccc1)c1cccc3c1B2c1ccccc1N3c1ccccc1. The highest BCUT2D eigenvalue weighted by Crippen LogP contribution is 2.45. The fraction of sp³-hybridized carbons (Fsp3) is 0.125. The van der Waals surface area contributed by atoms with Crippen LogP contribution in [0.1, 0.15) is 50.7 Å². The molecule has 0 spiro atoms. The second-order valence-corrected chi connectivity index (χ2v) is 15.0. The van der Waals surface area contributed by atoms with E-state index in [1.807, 2.05) is 0 Å². The molecule has 3 heterocycles. The third-order valence-electron chi connectivity index (χ3n) is 11.3. The quantitative estimate of drug-likeness (QED) is 0.169. The van der Waals surface area contributed by atoms with Crippen LogP contribution in [0, 0.1) is 0 Å². The molecule has 0 radical (unpaired) electrons. The number of fused-ring (bicyclic) bond motifs is 7. The molecule has 0 aliphatic carbocycles.